The van der Waals surface area contributed by atoms with Gasteiger partial charge in [0.05, 0.1) is 0 Å². The van der Waals surface area contributed by atoms with Crippen LogP contribution in [0.15, 0.2) is 188 Å². The van der Waals surface area contributed by atoms with Crippen LogP contribution in [-0.4, -0.2) is 0 Å². The van der Waals surface area contributed by atoms with Crippen molar-refractivity contribution in [3.05, 3.63) is 188 Å². The third-order valence-corrected chi connectivity index (χ3v) is 12.0. The second-order valence-corrected chi connectivity index (χ2v) is 14.8. The molecule has 0 saturated heterocycles. The van der Waals surface area contributed by atoms with Crippen LogP contribution in [0.25, 0.3) is 86.2 Å². The van der Waals surface area contributed by atoms with Gasteiger partial charge in [0.2, 0.25) is 0 Å². The van der Waals surface area contributed by atoms with Crippen LogP contribution < -0.4 is 4.90 Å². The molecule has 0 atom stereocenters. The molecule has 1 aliphatic rings. The second-order valence-electron chi connectivity index (χ2n) is 13.7. The Kier molecular flexibility index (Phi) is 6.49. The van der Waals surface area contributed by atoms with Crippen LogP contribution >= 0.6 is 11.3 Å². The van der Waals surface area contributed by atoms with Gasteiger partial charge in [0, 0.05) is 37.2 Å². The van der Waals surface area contributed by atoms with Crippen LogP contribution in [0.1, 0.15) is 0 Å². The van der Waals surface area contributed by atoms with Crippen molar-refractivity contribution >= 4 is 70.1 Å². The fraction of sp³-hybridized carbons (Fsp3) is 0. The van der Waals surface area contributed by atoms with Gasteiger partial charge in [0.1, 0.15) is 0 Å². The zero-order chi connectivity index (χ0) is 34.2. The Morgan fingerprint density at radius 1 is 0.308 bits per heavy atom. The standard InChI is InChI=1S/C50H31NS/c1-2-9-32(10-3-1)33-17-22-39(23-18-33)51(40-24-19-34(20-25-40)42-14-8-15-44-43-13-6-7-16-49(43)52-50(42)44)41-26-21-37-30-47-45-28-35-11-4-5-12-36(35)29-46(45)48(47)31-38(37)27-41/h1-31H. The van der Waals surface area contributed by atoms with Gasteiger partial charge in [-0.2, -0.15) is 0 Å². The monoisotopic (exact) mass is 677 g/mol. The molecule has 11 rings (SSSR count). The molecule has 0 N–H and O–H groups in total. The highest BCUT2D eigenvalue weighted by atomic mass is 32.1. The summed E-state index contributed by atoms with van der Waals surface area (Å²) >= 11 is 1.88. The maximum Gasteiger partial charge on any atom is 0.0468 e. The molecule has 1 heterocycles. The number of nitrogens with zero attached hydrogens (tertiary/aromatic N) is 1. The third-order valence-electron chi connectivity index (χ3n) is 10.8. The molecule has 0 bridgehead atoms. The van der Waals surface area contributed by atoms with E-state index in [2.05, 4.69) is 193 Å². The van der Waals surface area contributed by atoms with Crippen molar-refractivity contribution in [2.24, 2.45) is 0 Å². The number of fused-ring (bicyclic) bond motifs is 9. The van der Waals surface area contributed by atoms with E-state index in [4.69, 9.17) is 0 Å². The van der Waals surface area contributed by atoms with Gasteiger partial charge in [-0.15, -0.1) is 11.3 Å². The molecule has 0 amide bonds. The number of benzene rings is 9. The Morgan fingerprint density at radius 2 is 0.827 bits per heavy atom. The first kappa shape index (κ1) is 29.3. The Hall–Kier alpha value is -6.48. The van der Waals surface area contributed by atoms with Crippen molar-refractivity contribution in [2.75, 3.05) is 4.90 Å². The van der Waals surface area contributed by atoms with Gasteiger partial charge in [0.15, 0.2) is 0 Å². The molecular formula is C50H31NS. The number of anilines is 3. The van der Waals surface area contributed by atoms with Crippen molar-refractivity contribution in [1.29, 1.82) is 0 Å². The summed E-state index contributed by atoms with van der Waals surface area (Å²) in [7, 11) is 0. The number of thiophene rings is 1. The first-order chi connectivity index (χ1) is 25.7. The minimum absolute atomic E-state index is 1.12. The van der Waals surface area contributed by atoms with Crippen molar-refractivity contribution < 1.29 is 0 Å². The minimum atomic E-state index is 1.12. The van der Waals surface area contributed by atoms with Gasteiger partial charge in [-0.05, 0) is 133 Å². The second kappa shape index (κ2) is 11.5. The maximum atomic E-state index is 2.39. The molecule has 9 aromatic carbocycles. The lowest BCUT2D eigenvalue weighted by atomic mass is 9.78. The molecule has 1 aromatic heterocycles. The predicted molar refractivity (Wildman–Crippen MR) is 224 cm³/mol. The number of hydrogen-bond acceptors (Lipinski definition) is 2. The molecule has 10 aromatic rings. The highest BCUT2D eigenvalue weighted by Crippen LogP contribution is 2.51. The summed E-state index contributed by atoms with van der Waals surface area (Å²) < 4.78 is 2.67. The van der Waals surface area contributed by atoms with Crippen molar-refractivity contribution in [2.45, 2.75) is 0 Å². The van der Waals surface area contributed by atoms with Crippen LogP contribution in [0.3, 0.4) is 0 Å². The van der Waals surface area contributed by atoms with Gasteiger partial charge in [-0.1, -0.05) is 121 Å². The van der Waals surface area contributed by atoms with Crippen LogP contribution in [0.2, 0.25) is 0 Å². The molecule has 0 unspecified atom stereocenters. The summed E-state index contributed by atoms with van der Waals surface area (Å²) in [6.45, 7) is 0. The molecule has 0 aliphatic heterocycles. The Morgan fingerprint density at radius 3 is 1.52 bits per heavy atom. The van der Waals surface area contributed by atoms with E-state index in [0.717, 1.165) is 17.1 Å². The third kappa shape index (κ3) is 4.62. The van der Waals surface area contributed by atoms with Gasteiger partial charge < -0.3 is 4.90 Å². The number of hydrogen-bond donors (Lipinski definition) is 0. The molecular weight excluding hydrogens is 647 g/mol. The van der Waals surface area contributed by atoms with E-state index in [1.807, 2.05) is 11.3 Å². The molecule has 0 saturated carbocycles. The first-order valence-electron chi connectivity index (χ1n) is 17.8. The molecule has 1 aliphatic carbocycles. The van der Waals surface area contributed by atoms with Crippen molar-refractivity contribution in [3.8, 4) is 44.5 Å². The molecule has 0 fully saturated rings. The van der Waals surface area contributed by atoms with Gasteiger partial charge in [0.25, 0.3) is 0 Å². The van der Waals surface area contributed by atoms with Crippen LogP contribution in [0.4, 0.5) is 17.1 Å². The lowest BCUT2D eigenvalue weighted by Gasteiger charge is -2.28. The number of rotatable bonds is 5. The van der Waals surface area contributed by atoms with Crippen molar-refractivity contribution in [3.63, 3.8) is 0 Å². The van der Waals surface area contributed by atoms with E-state index in [-0.39, 0.29) is 0 Å². The fourth-order valence-electron chi connectivity index (χ4n) is 8.14. The van der Waals surface area contributed by atoms with Crippen LogP contribution in [0, 0.1) is 0 Å². The summed E-state index contributed by atoms with van der Waals surface area (Å²) in [5.41, 5.74) is 13.7. The first-order valence-corrected chi connectivity index (χ1v) is 18.6. The van der Waals surface area contributed by atoms with Gasteiger partial charge in [-0.25, -0.2) is 0 Å². The van der Waals surface area contributed by atoms with E-state index in [9.17, 15) is 0 Å². The SMILES string of the molecule is c1ccc(-c2ccc(N(c3ccc(-c4cccc5c4sc4ccccc45)cc3)c3ccc4cc5c(cc4c3)-c3cc4ccccc4cc3-5)cc2)cc1. The van der Waals surface area contributed by atoms with Gasteiger partial charge in [-0.3, -0.25) is 0 Å². The van der Waals surface area contributed by atoms with E-state index >= 15 is 0 Å². The smallest absolute Gasteiger partial charge is 0.0468 e. The summed E-state index contributed by atoms with van der Waals surface area (Å²) in [5.74, 6) is 0. The molecule has 2 heteroatoms. The highest BCUT2D eigenvalue weighted by Gasteiger charge is 2.24. The van der Waals surface area contributed by atoms with Crippen molar-refractivity contribution in [1.82, 2.24) is 0 Å². The molecule has 242 valence electrons. The minimum Gasteiger partial charge on any atom is -0.310 e. The van der Waals surface area contributed by atoms with E-state index in [1.54, 1.807) is 0 Å². The largest absolute Gasteiger partial charge is 0.310 e. The lowest BCUT2D eigenvalue weighted by molar-refractivity contribution is 1.29. The normalized spacial score (nSPS) is 11.8. The van der Waals surface area contributed by atoms with E-state index in [1.165, 1.54) is 86.2 Å². The topological polar surface area (TPSA) is 3.24 Å². The predicted octanol–water partition coefficient (Wildman–Crippen LogP) is 14.8. The zero-order valence-electron chi connectivity index (χ0n) is 28.3. The summed E-state index contributed by atoms with van der Waals surface area (Å²) in [4.78, 5) is 2.39. The Labute approximate surface area is 306 Å². The maximum absolute atomic E-state index is 2.39. The fourth-order valence-corrected chi connectivity index (χ4v) is 9.38. The lowest BCUT2D eigenvalue weighted by Crippen LogP contribution is -2.10. The summed E-state index contributed by atoms with van der Waals surface area (Å²) in [6.07, 6.45) is 0. The quantitative estimate of drug-likeness (QED) is 0.175. The highest BCUT2D eigenvalue weighted by molar-refractivity contribution is 7.26. The average Bonchev–Trinajstić information content (AvgIpc) is 3.60. The summed E-state index contributed by atoms with van der Waals surface area (Å²) in [5, 5.41) is 7.74. The Balaban J connectivity index is 1.02. The molecule has 1 nitrogen and oxygen atoms in total. The van der Waals surface area contributed by atoms with E-state index in [0.29, 0.717) is 0 Å². The summed E-state index contributed by atoms with van der Waals surface area (Å²) in [6, 6.07) is 69.1. The molecule has 0 spiro atoms. The van der Waals surface area contributed by atoms with Crippen LogP contribution in [-0.2, 0) is 0 Å². The zero-order valence-corrected chi connectivity index (χ0v) is 29.1. The molecule has 52 heavy (non-hydrogen) atoms. The van der Waals surface area contributed by atoms with Gasteiger partial charge >= 0.3 is 0 Å². The molecule has 0 radical (unpaired) electrons. The van der Waals surface area contributed by atoms with Crippen LogP contribution in [0.5, 0.6) is 0 Å². The average molecular weight is 678 g/mol. The van der Waals surface area contributed by atoms with E-state index < -0.39 is 0 Å². The Bertz CT molecular complexity index is 2990.